The summed E-state index contributed by atoms with van der Waals surface area (Å²) >= 11 is 1.44. The number of thiazole rings is 1. The third-order valence-corrected chi connectivity index (χ3v) is 6.81. The van der Waals surface area contributed by atoms with Gasteiger partial charge in [0.15, 0.2) is 0 Å². The molecule has 0 spiro atoms. The number of amides is 1. The van der Waals surface area contributed by atoms with Crippen molar-refractivity contribution in [2.45, 2.75) is 19.6 Å². The smallest absolute Gasteiger partial charge is 0.273 e. The molecule has 1 fully saturated rings. The van der Waals surface area contributed by atoms with Gasteiger partial charge < -0.3 is 4.90 Å². The lowest BCUT2D eigenvalue weighted by Crippen LogP contribution is -2.50. The molecular weight excluding hydrogens is 358 g/mol. The van der Waals surface area contributed by atoms with Gasteiger partial charge in [0.25, 0.3) is 5.91 Å². The van der Waals surface area contributed by atoms with Crippen molar-refractivity contribution in [3.8, 4) is 0 Å². The van der Waals surface area contributed by atoms with Crippen molar-refractivity contribution in [1.29, 1.82) is 0 Å². The van der Waals surface area contributed by atoms with Gasteiger partial charge in [-0.3, -0.25) is 4.79 Å². The Balaban J connectivity index is 1.62. The zero-order chi connectivity index (χ0) is 18.0. The van der Waals surface area contributed by atoms with E-state index < -0.39 is 10.0 Å². The van der Waals surface area contributed by atoms with E-state index in [1.807, 2.05) is 38.1 Å². The SMILES string of the molecule is Cc1cccc(CS(=O)(=O)N2CCN(C(=O)c3csc(C)n3)CC2)c1. The molecule has 0 radical (unpaired) electrons. The minimum Gasteiger partial charge on any atom is -0.335 e. The van der Waals surface area contributed by atoms with Crippen molar-refractivity contribution >= 4 is 27.3 Å². The molecule has 1 aromatic carbocycles. The topological polar surface area (TPSA) is 70.6 Å². The van der Waals surface area contributed by atoms with E-state index in [1.54, 1.807) is 10.3 Å². The standard InChI is InChI=1S/C17H21N3O3S2/c1-13-4-3-5-15(10-13)12-25(22,23)20-8-6-19(7-9-20)17(21)16-11-24-14(2)18-16/h3-5,10-11H,6-9,12H2,1-2H3. The van der Waals surface area contributed by atoms with Crippen molar-refractivity contribution in [2.24, 2.45) is 0 Å². The fourth-order valence-corrected chi connectivity index (χ4v) is 4.99. The minimum atomic E-state index is -3.38. The summed E-state index contributed by atoms with van der Waals surface area (Å²) in [7, 11) is -3.38. The Bertz CT molecular complexity index is 869. The Kier molecular flexibility index (Phi) is 5.21. The molecule has 0 bridgehead atoms. The van der Waals surface area contributed by atoms with Gasteiger partial charge in [-0.05, 0) is 19.4 Å². The van der Waals surface area contributed by atoms with E-state index in [2.05, 4.69) is 4.98 Å². The van der Waals surface area contributed by atoms with Crippen LogP contribution in [0.2, 0.25) is 0 Å². The number of aromatic nitrogens is 1. The van der Waals surface area contributed by atoms with E-state index in [9.17, 15) is 13.2 Å². The summed E-state index contributed by atoms with van der Waals surface area (Å²) in [6, 6.07) is 7.53. The molecule has 1 aliphatic rings. The first-order valence-corrected chi connectivity index (χ1v) is 10.6. The number of nitrogens with zero attached hydrogens (tertiary/aromatic N) is 3. The van der Waals surface area contributed by atoms with Crippen LogP contribution >= 0.6 is 11.3 Å². The lowest BCUT2D eigenvalue weighted by molar-refractivity contribution is 0.0692. The monoisotopic (exact) mass is 379 g/mol. The molecule has 1 aromatic heterocycles. The number of piperazine rings is 1. The van der Waals surface area contributed by atoms with Crippen LogP contribution < -0.4 is 0 Å². The lowest BCUT2D eigenvalue weighted by atomic mass is 10.2. The number of sulfonamides is 1. The van der Waals surface area contributed by atoms with Crippen LogP contribution in [0.1, 0.15) is 26.6 Å². The largest absolute Gasteiger partial charge is 0.335 e. The molecule has 1 aliphatic heterocycles. The molecule has 0 saturated carbocycles. The van der Waals surface area contributed by atoms with Gasteiger partial charge in [0.1, 0.15) is 5.69 Å². The van der Waals surface area contributed by atoms with Gasteiger partial charge in [-0.2, -0.15) is 4.31 Å². The van der Waals surface area contributed by atoms with Crippen LogP contribution in [0.3, 0.4) is 0 Å². The van der Waals surface area contributed by atoms with Crippen molar-refractivity contribution in [3.05, 3.63) is 51.5 Å². The number of aryl methyl sites for hydroxylation is 2. The second-order valence-electron chi connectivity index (χ2n) is 6.19. The van der Waals surface area contributed by atoms with Crippen LogP contribution in [-0.4, -0.2) is 54.7 Å². The van der Waals surface area contributed by atoms with Gasteiger partial charge in [-0.25, -0.2) is 13.4 Å². The van der Waals surface area contributed by atoms with Gasteiger partial charge in [-0.15, -0.1) is 11.3 Å². The third-order valence-electron chi connectivity index (χ3n) is 4.19. The van der Waals surface area contributed by atoms with Crippen molar-refractivity contribution in [2.75, 3.05) is 26.2 Å². The maximum Gasteiger partial charge on any atom is 0.273 e. The summed E-state index contributed by atoms with van der Waals surface area (Å²) in [6.07, 6.45) is 0. The first kappa shape index (κ1) is 18.0. The quantitative estimate of drug-likeness (QED) is 0.815. The molecule has 134 valence electrons. The third kappa shape index (κ3) is 4.26. The highest BCUT2D eigenvalue weighted by Crippen LogP contribution is 2.17. The highest BCUT2D eigenvalue weighted by Gasteiger charge is 2.30. The molecule has 2 heterocycles. The molecule has 3 rings (SSSR count). The molecular formula is C17H21N3O3S2. The van der Waals surface area contributed by atoms with Crippen molar-refractivity contribution in [1.82, 2.24) is 14.2 Å². The van der Waals surface area contributed by atoms with Crippen LogP contribution in [0.5, 0.6) is 0 Å². The van der Waals surface area contributed by atoms with Crippen LogP contribution in [0.4, 0.5) is 0 Å². The lowest BCUT2D eigenvalue weighted by Gasteiger charge is -2.33. The fourth-order valence-electron chi connectivity index (χ4n) is 2.90. The number of hydrogen-bond acceptors (Lipinski definition) is 5. The highest BCUT2D eigenvalue weighted by atomic mass is 32.2. The molecule has 2 aromatic rings. The predicted octanol–water partition coefficient (Wildman–Crippen LogP) is 2.05. The Hall–Kier alpha value is -1.77. The summed E-state index contributed by atoms with van der Waals surface area (Å²) < 4.78 is 26.7. The molecule has 0 unspecified atom stereocenters. The Morgan fingerprint density at radius 1 is 1.20 bits per heavy atom. The van der Waals surface area contributed by atoms with Crippen LogP contribution in [0, 0.1) is 13.8 Å². The average molecular weight is 380 g/mol. The Labute approximate surface area is 152 Å². The van der Waals surface area contributed by atoms with Crippen LogP contribution in [-0.2, 0) is 15.8 Å². The summed E-state index contributed by atoms with van der Waals surface area (Å²) in [5.41, 5.74) is 2.27. The summed E-state index contributed by atoms with van der Waals surface area (Å²) in [6.45, 7) is 5.23. The van der Waals surface area contributed by atoms with E-state index in [4.69, 9.17) is 0 Å². The van der Waals surface area contributed by atoms with E-state index in [1.165, 1.54) is 15.6 Å². The first-order chi connectivity index (χ1) is 11.8. The Morgan fingerprint density at radius 3 is 2.52 bits per heavy atom. The second kappa shape index (κ2) is 7.23. The van der Waals surface area contributed by atoms with Crippen LogP contribution in [0.25, 0.3) is 0 Å². The summed E-state index contributed by atoms with van der Waals surface area (Å²) in [5.74, 6) is -0.131. The molecule has 0 N–H and O–H groups in total. The normalized spacial score (nSPS) is 16.2. The van der Waals surface area contributed by atoms with Crippen molar-refractivity contribution < 1.29 is 13.2 Å². The minimum absolute atomic E-state index is 0.00604. The summed E-state index contributed by atoms with van der Waals surface area (Å²) in [4.78, 5) is 18.3. The van der Waals surface area contributed by atoms with Gasteiger partial charge in [0.05, 0.1) is 10.8 Å². The van der Waals surface area contributed by atoms with E-state index in [0.29, 0.717) is 31.9 Å². The molecule has 25 heavy (non-hydrogen) atoms. The predicted molar refractivity (Wildman–Crippen MR) is 98.1 cm³/mol. The van der Waals surface area contributed by atoms with E-state index in [0.717, 1.165) is 16.1 Å². The van der Waals surface area contributed by atoms with E-state index >= 15 is 0 Å². The average Bonchev–Trinajstić information content (AvgIpc) is 3.00. The maximum absolute atomic E-state index is 12.6. The zero-order valence-corrected chi connectivity index (χ0v) is 15.9. The van der Waals surface area contributed by atoms with Gasteiger partial charge in [-0.1, -0.05) is 29.8 Å². The molecule has 8 heteroatoms. The fraction of sp³-hybridized carbons (Fsp3) is 0.412. The molecule has 0 atom stereocenters. The molecule has 1 amide bonds. The van der Waals surface area contributed by atoms with Gasteiger partial charge >= 0.3 is 0 Å². The Morgan fingerprint density at radius 2 is 1.92 bits per heavy atom. The van der Waals surface area contributed by atoms with Gasteiger partial charge in [0, 0.05) is 31.6 Å². The van der Waals surface area contributed by atoms with Crippen LogP contribution in [0.15, 0.2) is 29.6 Å². The number of carbonyl (C=O) groups is 1. The number of benzene rings is 1. The molecule has 1 saturated heterocycles. The molecule has 6 nitrogen and oxygen atoms in total. The number of carbonyl (C=O) groups excluding carboxylic acids is 1. The van der Waals surface area contributed by atoms with Gasteiger partial charge in [0.2, 0.25) is 10.0 Å². The number of hydrogen-bond donors (Lipinski definition) is 0. The maximum atomic E-state index is 12.6. The zero-order valence-electron chi connectivity index (χ0n) is 14.3. The number of rotatable bonds is 4. The second-order valence-corrected chi connectivity index (χ2v) is 9.22. The molecule has 0 aliphatic carbocycles. The van der Waals surface area contributed by atoms with Crippen molar-refractivity contribution in [3.63, 3.8) is 0 Å². The van der Waals surface area contributed by atoms with E-state index in [-0.39, 0.29) is 11.7 Å². The first-order valence-electron chi connectivity index (χ1n) is 8.10. The highest BCUT2D eigenvalue weighted by molar-refractivity contribution is 7.88. The summed E-state index contributed by atoms with van der Waals surface area (Å²) in [5, 5.41) is 2.60.